The van der Waals surface area contributed by atoms with Crippen LogP contribution in [-0.4, -0.2) is 61.0 Å². The molecule has 6 nitrogen and oxygen atoms in total. The Labute approximate surface area is 186 Å². The van der Waals surface area contributed by atoms with Crippen molar-refractivity contribution in [2.24, 2.45) is 5.92 Å². The minimum atomic E-state index is -0.475. The van der Waals surface area contributed by atoms with Gasteiger partial charge in [-0.3, -0.25) is 4.79 Å². The molecule has 31 heavy (non-hydrogen) atoms. The van der Waals surface area contributed by atoms with Gasteiger partial charge in [0.15, 0.2) is 0 Å². The van der Waals surface area contributed by atoms with Gasteiger partial charge in [0.25, 0.3) is 0 Å². The van der Waals surface area contributed by atoms with E-state index in [4.69, 9.17) is 11.6 Å². The largest absolute Gasteiger partial charge is 0.367 e. The van der Waals surface area contributed by atoms with Crippen LogP contribution < -0.4 is 10.2 Å². The maximum Gasteiger partial charge on any atom is 0.321 e. The Kier molecular flexibility index (Phi) is 6.61. The number of hydrogen-bond acceptors (Lipinski definition) is 3. The molecule has 0 spiro atoms. The Morgan fingerprint density at radius 1 is 0.935 bits per heavy atom. The highest BCUT2D eigenvalue weighted by Gasteiger charge is 2.33. The molecule has 2 aromatic carbocycles. The van der Waals surface area contributed by atoms with Crippen molar-refractivity contribution in [2.75, 3.05) is 49.5 Å². The number of rotatable bonds is 3. The highest BCUT2D eigenvalue weighted by atomic mass is 35.5. The number of likely N-dealkylation sites (tertiary alicyclic amines) is 1. The van der Waals surface area contributed by atoms with E-state index in [9.17, 15) is 14.0 Å². The van der Waals surface area contributed by atoms with E-state index >= 15 is 0 Å². The molecule has 164 valence electrons. The minimum absolute atomic E-state index is 0.0854. The first kappa shape index (κ1) is 21.4. The Balaban J connectivity index is 1.32. The molecule has 1 N–H and O–H groups in total. The van der Waals surface area contributed by atoms with Gasteiger partial charge in [0, 0.05) is 39.3 Å². The second kappa shape index (κ2) is 9.56. The lowest BCUT2D eigenvalue weighted by Gasteiger charge is -2.40. The molecule has 2 aliphatic heterocycles. The summed E-state index contributed by atoms with van der Waals surface area (Å²) in [5.74, 6) is -0.619. The predicted molar refractivity (Wildman–Crippen MR) is 120 cm³/mol. The zero-order chi connectivity index (χ0) is 21.8. The average molecular weight is 445 g/mol. The first-order chi connectivity index (χ1) is 15.0. The van der Waals surface area contributed by atoms with Crippen LogP contribution in [0.1, 0.15) is 12.8 Å². The van der Waals surface area contributed by atoms with Crippen molar-refractivity contribution in [1.29, 1.82) is 0 Å². The van der Waals surface area contributed by atoms with E-state index in [0.29, 0.717) is 31.2 Å². The molecule has 8 heteroatoms. The van der Waals surface area contributed by atoms with E-state index in [1.165, 1.54) is 12.1 Å². The second-order valence-electron chi connectivity index (χ2n) is 7.96. The molecule has 1 unspecified atom stereocenters. The Bertz CT molecular complexity index is 949. The molecule has 2 aromatic rings. The van der Waals surface area contributed by atoms with Gasteiger partial charge in [0.1, 0.15) is 5.82 Å². The highest BCUT2D eigenvalue weighted by molar-refractivity contribution is 6.33. The summed E-state index contributed by atoms with van der Waals surface area (Å²) in [5.41, 5.74) is 1.14. The first-order valence-corrected chi connectivity index (χ1v) is 11.0. The van der Waals surface area contributed by atoms with E-state index in [1.54, 1.807) is 17.0 Å². The van der Waals surface area contributed by atoms with Crippen molar-refractivity contribution in [2.45, 2.75) is 12.8 Å². The molecule has 0 aliphatic carbocycles. The number of hydrogen-bond donors (Lipinski definition) is 1. The van der Waals surface area contributed by atoms with Crippen molar-refractivity contribution in [3.8, 4) is 0 Å². The van der Waals surface area contributed by atoms with Crippen LogP contribution >= 0.6 is 11.6 Å². The van der Waals surface area contributed by atoms with Crippen molar-refractivity contribution in [3.63, 3.8) is 0 Å². The molecule has 0 bridgehead atoms. The zero-order valence-electron chi connectivity index (χ0n) is 17.3. The summed E-state index contributed by atoms with van der Waals surface area (Å²) in [4.78, 5) is 31.4. The Morgan fingerprint density at radius 2 is 1.65 bits per heavy atom. The minimum Gasteiger partial charge on any atom is -0.367 e. The quantitative estimate of drug-likeness (QED) is 0.776. The zero-order valence-corrected chi connectivity index (χ0v) is 18.0. The number of nitrogens with one attached hydrogen (secondary N) is 1. The van der Waals surface area contributed by atoms with Crippen LogP contribution in [0.5, 0.6) is 0 Å². The topological polar surface area (TPSA) is 55.9 Å². The van der Waals surface area contributed by atoms with Crippen LogP contribution in [0.4, 0.5) is 20.6 Å². The summed E-state index contributed by atoms with van der Waals surface area (Å²) in [6.07, 6.45) is 1.51. The molecule has 3 amide bonds. The van der Waals surface area contributed by atoms with E-state index in [2.05, 4.69) is 10.2 Å². The van der Waals surface area contributed by atoms with Gasteiger partial charge in [-0.25, -0.2) is 9.18 Å². The molecule has 2 saturated heterocycles. The van der Waals surface area contributed by atoms with Gasteiger partial charge < -0.3 is 20.0 Å². The van der Waals surface area contributed by atoms with E-state index in [-0.39, 0.29) is 23.5 Å². The molecule has 2 aliphatic rings. The van der Waals surface area contributed by atoms with Crippen LogP contribution in [0.25, 0.3) is 0 Å². The van der Waals surface area contributed by atoms with Crippen molar-refractivity contribution < 1.29 is 14.0 Å². The first-order valence-electron chi connectivity index (χ1n) is 10.6. The van der Waals surface area contributed by atoms with Gasteiger partial charge in [-0.15, -0.1) is 0 Å². The highest BCUT2D eigenvalue weighted by Crippen LogP contribution is 2.27. The molecule has 2 heterocycles. The van der Waals surface area contributed by atoms with Crippen LogP contribution in [0.15, 0.2) is 48.5 Å². The fourth-order valence-corrected chi connectivity index (χ4v) is 4.51. The number of nitrogens with zero attached hydrogens (tertiary/aromatic N) is 3. The summed E-state index contributed by atoms with van der Waals surface area (Å²) < 4.78 is 13.8. The summed E-state index contributed by atoms with van der Waals surface area (Å²) in [6.45, 7) is 3.61. The molecule has 0 saturated carbocycles. The van der Waals surface area contributed by atoms with Gasteiger partial charge in [0.2, 0.25) is 5.91 Å². The van der Waals surface area contributed by atoms with Gasteiger partial charge >= 0.3 is 6.03 Å². The standard InChI is InChI=1S/C23H26ClFN4O2/c24-18-7-1-4-10-21(18)27-12-14-28(15-13-27)22(30)17-6-5-11-29(16-17)23(31)26-20-9-3-2-8-19(20)25/h1-4,7-10,17H,5-6,11-16H2,(H,26,31). The summed E-state index contributed by atoms with van der Waals surface area (Å²) in [6, 6.07) is 13.4. The number of piperazine rings is 1. The smallest absolute Gasteiger partial charge is 0.321 e. The molecule has 0 aromatic heterocycles. The third-order valence-electron chi connectivity index (χ3n) is 5.96. The molecular weight excluding hydrogens is 419 g/mol. The monoisotopic (exact) mass is 444 g/mol. The number of carbonyl (C=O) groups is 2. The number of amides is 3. The number of piperidine rings is 1. The number of anilines is 2. The summed E-state index contributed by atoms with van der Waals surface area (Å²) >= 11 is 6.30. The third kappa shape index (κ3) is 4.93. The second-order valence-corrected chi connectivity index (χ2v) is 8.37. The predicted octanol–water partition coefficient (Wildman–Crippen LogP) is 4.07. The van der Waals surface area contributed by atoms with Crippen molar-refractivity contribution in [1.82, 2.24) is 9.80 Å². The van der Waals surface area contributed by atoms with Crippen LogP contribution in [0.2, 0.25) is 5.02 Å². The van der Waals surface area contributed by atoms with Crippen molar-refractivity contribution >= 4 is 34.9 Å². The number of urea groups is 1. The maximum absolute atomic E-state index is 13.8. The van der Waals surface area contributed by atoms with Crippen molar-refractivity contribution in [3.05, 3.63) is 59.4 Å². The molecule has 1 atom stereocenters. The molecule has 0 radical (unpaired) electrons. The summed E-state index contributed by atoms with van der Waals surface area (Å²) in [7, 11) is 0. The maximum atomic E-state index is 13.8. The van der Waals surface area contributed by atoms with Crippen LogP contribution in [0.3, 0.4) is 0 Å². The number of benzene rings is 2. The lowest BCUT2D eigenvalue weighted by atomic mass is 9.96. The van der Waals surface area contributed by atoms with E-state index < -0.39 is 5.82 Å². The molecule has 4 rings (SSSR count). The fraction of sp³-hybridized carbons (Fsp3) is 0.391. The van der Waals surface area contributed by atoms with Crippen LogP contribution in [-0.2, 0) is 4.79 Å². The number of carbonyl (C=O) groups excluding carboxylic acids is 2. The molecule has 2 fully saturated rings. The summed E-state index contributed by atoms with van der Waals surface area (Å²) in [5, 5.41) is 3.33. The van der Waals surface area contributed by atoms with Gasteiger partial charge in [-0.2, -0.15) is 0 Å². The van der Waals surface area contributed by atoms with Crippen LogP contribution in [0, 0.1) is 11.7 Å². The SMILES string of the molecule is O=C(Nc1ccccc1F)N1CCCC(C(=O)N2CCN(c3ccccc3Cl)CC2)C1. The fourth-order valence-electron chi connectivity index (χ4n) is 4.25. The van der Waals surface area contributed by atoms with Gasteiger partial charge in [0.05, 0.1) is 22.3 Å². The lowest BCUT2D eigenvalue weighted by Crippen LogP contribution is -2.53. The van der Waals surface area contributed by atoms with E-state index in [1.807, 2.05) is 29.2 Å². The van der Waals surface area contributed by atoms with Gasteiger partial charge in [-0.05, 0) is 37.1 Å². The number of halogens is 2. The van der Waals surface area contributed by atoms with Gasteiger partial charge in [-0.1, -0.05) is 35.9 Å². The third-order valence-corrected chi connectivity index (χ3v) is 6.28. The average Bonchev–Trinajstić information content (AvgIpc) is 2.80. The lowest BCUT2D eigenvalue weighted by molar-refractivity contribution is -0.137. The normalized spacial score (nSPS) is 19.3. The number of para-hydroxylation sites is 2. The Hall–Kier alpha value is -2.80. The molecular formula is C23H26ClFN4O2. The van der Waals surface area contributed by atoms with E-state index in [0.717, 1.165) is 31.6 Å². The Morgan fingerprint density at radius 3 is 2.39 bits per heavy atom.